The van der Waals surface area contributed by atoms with Crippen LogP contribution in [-0.2, 0) is 6.42 Å². The highest BCUT2D eigenvalue weighted by molar-refractivity contribution is 6.98. The Balaban J connectivity index is 1.67. The molecule has 4 rings (SSSR count). The van der Waals surface area contributed by atoms with Crippen LogP contribution in [0, 0.1) is 0 Å². The fraction of sp³-hybridized carbons (Fsp3) is 0.217. The Morgan fingerprint density at radius 1 is 1.00 bits per heavy atom. The van der Waals surface area contributed by atoms with Gasteiger partial charge in [0, 0.05) is 17.3 Å². The van der Waals surface area contributed by atoms with Crippen molar-refractivity contribution in [2.24, 2.45) is 0 Å². The summed E-state index contributed by atoms with van der Waals surface area (Å²) in [6, 6.07) is 22.3. The van der Waals surface area contributed by atoms with Crippen LogP contribution in [0.2, 0.25) is 10.3 Å². The van der Waals surface area contributed by atoms with E-state index < -0.39 is 8.32 Å². The van der Waals surface area contributed by atoms with Gasteiger partial charge in [0.25, 0.3) is 8.32 Å². The molecule has 0 spiro atoms. The summed E-state index contributed by atoms with van der Waals surface area (Å²) in [5.41, 5.74) is 1.82. The van der Waals surface area contributed by atoms with Gasteiger partial charge in [-0.3, -0.25) is 0 Å². The van der Waals surface area contributed by atoms with Crippen molar-refractivity contribution >= 4 is 41.3 Å². The van der Waals surface area contributed by atoms with Gasteiger partial charge in [0.15, 0.2) is 0 Å². The quantitative estimate of drug-likeness (QED) is 0.364. The van der Waals surface area contributed by atoms with E-state index in [1.807, 2.05) is 36.4 Å². The number of rotatable bonds is 6. The molecule has 6 heteroatoms. The van der Waals surface area contributed by atoms with Crippen LogP contribution in [0.5, 0.6) is 0 Å². The molecule has 0 saturated heterocycles. The number of fused-ring (bicyclic) bond motifs is 1. The second-order valence-corrected chi connectivity index (χ2v) is 12.3. The Hall–Kier alpha value is -2.47. The summed E-state index contributed by atoms with van der Waals surface area (Å²) >= 11 is 5.90. The monoisotopic (exact) mass is 421 g/mol. The van der Waals surface area contributed by atoms with E-state index >= 15 is 0 Å². The van der Waals surface area contributed by atoms with Gasteiger partial charge >= 0.3 is 0 Å². The maximum absolute atomic E-state index is 12.2. The maximum Gasteiger partial charge on any atom is 0.258 e. The summed E-state index contributed by atoms with van der Waals surface area (Å²) in [5, 5.41) is 2.95. The minimum Gasteiger partial charge on any atom is -0.424 e. The van der Waals surface area contributed by atoms with Crippen molar-refractivity contribution in [3.8, 4) is 0 Å². The molecule has 0 unspecified atom stereocenters. The number of nitrogens with one attached hydrogen (secondary N) is 1. The van der Waals surface area contributed by atoms with Gasteiger partial charge in [0.1, 0.15) is 5.65 Å². The lowest BCUT2D eigenvalue weighted by atomic mass is 10.1. The van der Waals surface area contributed by atoms with Crippen LogP contribution in [-0.4, -0.2) is 28.1 Å². The second-order valence-electron chi connectivity index (χ2n) is 8.06. The van der Waals surface area contributed by atoms with Crippen molar-refractivity contribution in [1.82, 2.24) is 15.0 Å². The third-order valence-electron chi connectivity index (χ3n) is 5.78. The molecule has 4 nitrogen and oxygen atoms in total. The zero-order chi connectivity index (χ0) is 20.5. The molecule has 0 amide bonds. The summed E-state index contributed by atoms with van der Waals surface area (Å²) < 4.78 is 0. The Labute approximate surface area is 176 Å². The van der Waals surface area contributed by atoms with Gasteiger partial charge in [-0.1, -0.05) is 74.5 Å². The molecule has 29 heavy (non-hydrogen) atoms. The third kappa shape index (κ3) is 3.73. The number of aromatic nitrogens is 3. The van der Waals surface area contributed by atoms with E-state index in [0.717, 1.165) is 39.9 Å². The first-order valence-electron chi connectivity index (χ1n) is 9.74. The second kappa shape index (κ2) is 7.75. The lowest BCUT2D eigenvalue weighted by molar-refractivity contribution is 0.465. The van der Waals surface area contributed by atoms with Crippen molar-refractivity contribution in [3.63, 3.8) is 0 Å². The summed E-state index contributed by atoms with van der Waals surface area (Å²) in [7, 11) is -2.99. The van der Waals surface area contributed by atoms with Crippen molar-refractivity contribution < 1.29 is 4.80 Å². The molecule has 2 heterocycles. The molecule has 2 N–H and O–H groups in total. The number of H-pyrrole nitrogens is 1. The van der Waals surface area contributed by atoms with E-state index in [0.29, 0.717) is 0 Å². The van der Waals surface area contributed by atoms with Gasteiger partial charge in [-0.25, -0.2) is 4.98 Å². The summed E-state index contributed by atoms with van der Waals surface area (Å²) in [6.45, 7) is 4.36. The molecule has 0 atom stereocenters. The molecule has 148 valence electrons. The Kier molecular flexibility index (Phi) is 5.30. The first-order valence-corrected chi connectivity index (χ1v) is 12.1. The normalized spacial score (nSPS) is 12.4. The molecule has 0 bridgehead atoms. The molecule has 2 aromatic carbocycles. The van der Waals surface area contributed by atoms with Gasteiger partial charge in [-0.15, -0.1) is 0 Å². The Morgan fingerprint density at radius 3 is 2.17 bits per heavy atom. The molecule has 0 aliphatic heterocycles. The first kappa shape index (κ1) is 19.8. The predicted octanol–water partition coefficient (Wildman–Crippen LogP) is 4.08. The smallest absolute Gasteiger partial charge is 0.258 e. The van der Waals surface area contributed by atoms with Crippen molar-refractivity contribution in [3.05, 3.63) is 83.9 Å². The van der Waals surface area contributed by atoms with E-state index in [2.05, 4.69) is 59.1 Å². The molecular formula is C23H24ClN3OSi. The van der Waals surface area contributed by atoms with Gasteiger partial charge in [-0.2, -0.15) is 4.98 Å². The van der Waals surface area contributed by atoms with Crippen LogP contribution in [0.25, 0.3) is 11.0 Å². The molecule has 0 aliphatic carbocycles. The maximum atomic E-state index is 12.2. The number of nitrogens with zero attached hydrogens (tertiary/aromatic N) is 2. The minimum atomic E-state index is -2.99. The van der Waals surface area contributed by atoms with E-state index in [1.165, 1.54) is 0 Å². The fourth-order valence-corrected chi connectivity index (χ4v) is 7.89. The molecule has 0 fully saturated rings. The van der Waals surface area contributed by atoms with Crippen LogP contribution in [0.15, 0.2) is 72.9 Å². The minimum absolute atomic E-state index is 0.237. The van der Waals surface area contributed by atoms with Crippen LogP contribution >= 0.6 is 11.6 Å². The molecule has 0 radical (unpaired) electrons. The van der Waals surface area contributed by atoms with Crippen LogP contribution in [0.4, 0.5) is 0 Å². The van der Waals surface area contributed by atoms with Crippen molar-refractivity contribution in [1.29, 1.82) is 0 Å². The SMILES string of the molecule is CC(C)(CCc1cc2cnc(Cl)nc2[nH]1)[Si](O)(c1ccccc1)c1ccccc1. The van der Waals surface area contributed by atoms with Crippen molar-refractivity contribution in [2.75, 3.05) is 0 Å². The van der Waals surface area contributed by atoms with Crippen molar-refractivity contribution in [2.45, 2.75) is 31.7 Å². The molecule has 0 saturated carbocycles. The van der Waals surface area contributed by atoms with E-state index in [9.17, 15) is 4.80 Å². The Bertz CT molecular complexity index is 1070. The van der Waals surface area contributed by atoms with Gasteiger partial charge < -0.3 is 9.78 Å². The van der Waals surface area contributed by atoms with E-state index in [4.69, 9.17) is 11.6 Å². The largest absolute Gasteiger partial charge is 0.424 e. The Morgan fingerprint density at radius 2 is 1.59 bits per heavy atom. The third-order valence-corrected chi connectivity index (χ3v) is 10.5. The topological polar surface area (TPSA) is 61.8 Å². The number of benzene rings is 2. The standard InChI is InChI=1S/C23H24ClN3OSi/c1-23(2,14-13-18-15-17-16-25-22(24)27-21(17)26-18)29(28,19-9-5-3-6-10-19)20-11-7-4-8-12-20/h3-12,15-16,28H,13-14H2,1-2H3,(H,25,26,27). The number of halogens is 1. The highest BCUT2D eigenvalue weighted by Gasteiger charge is 2.49. The zero-order valence-electron chi connectivity index (χ0n) is 16.6. The van der Waals surface area contributed by atoms with Crippen LogP contribution in [0.1, 0.15) is 26.0 Å². The number of hydrogen-bond donors (Lipinski definition) is 2. The summed E-state index contributed by atoms with van der Waals surface area (Å²) in [6.07, 6.45) is 3.36. The predicted molar refractivity (Wildman–Crippen MR) is 121 cm³/mol. The van der Waals surface area contributed by atoms with E-state index in [-0.39, 0.29) is 10.3 Å². The summed E-state index contributed by atoms with van der Waals surface area (Å²) in [4.78, 5) is 23.9. The lowest BCUT2D eigenvalue weighted by Crippen LogP contribution is -2.65. The molecule has 0 aliphatic rings. The summed E-state index contributed by atoms with van der Waals surface area (Å²) in [5.74, 6) is 0. The molecule has 4 aromatic rings. The van der Waals surface area contributed by atoms with Gasteiger partial charge in [-0.05, 0) is 45.9 Å². The molecular weight excluding hydrogens is 398 g/mol. The lowest BCUT2D eigenvalue weighted by Gasteiger charge is -2.41. The van der Waals surface area contributed by atoms with Crippen LogP contribution in [0.3, 0.4) is 0 Å². The highest BCUT2D eigenvalue weighted by atomic mass is 35.5. The number of aryl methyl sites for hydroxylation is 1. The average molecular weight is 422 g/mol. The highest BCUT2D eigenvalue weighted by Crippen LogP contribution is 2.39. The number of aromatic amines is 1. The van der Waals surface area contributed by atoms with Crippen LogP contribution < -0.4 is 10.4 Å². The van der Waals surface area contributed by atoms with E-state index in [1.54, 1.807) is 6.20 Å². The average Bonchev–Trinajstić information content (AvgIpc) is 3.15. The first-order chi connectivity index (χ1) is 13.9. The zero-order valence-corrected chi connectivity index (χ0v) is 18.3. The molecule has 2 aromatic heterocycles. The fourth-order valence-electron chi connectivity index (χ4n) is 4.02. The van der Waals surface area contributed by atoms with Gasteiger partial charge in [0.2, 0.25) is 5.28 Å². The number of hydrogen-bond acceptors (Lipinski definition) is 3. The van der Waals surface area contributed by atoms with Gasteiger partial charge in [0.05, 0.1) is 0 Å².